The average Bonchev–Trinajstić information content (AvgIpc) is 3.00. The van der Waals surface area contributed by atoms with Gasteiger partial charge in [0, 0.05) is 32.6 Å². The summed E-state index contributed by atoms with van der Waals surface area (Å²) in [4.78, 5) is 41.8. The molecule has 1 aliphatic heterocycles. The average molecular weight is 642 g/mol. The zero-order valence-corrected chi connectivity index (χ0v) is 26.1. The highest BCUT2D eigenvalue weighted by molar-refractivity contribution is 7.87. The molecule has 4 rings (SSSR count). The molecule has 0 saturated carbocycles. The van der Waals surface area contributed by atoms with Crippen molar-refractivity contribution in [2.45, 2.75) is 50.3 Å². The van der Waals surface area contributed by atoms with Crippen LogP contribution in [0.5, 0.6) is 5.75 Å². The van der Waals surface area contributed by atoms with Crippen molar-refractivity contribution < 1.29 is 40.8 Å². The predicted octanol–water partition coefficient (Wildman–Crippen LogP) is 4.51. The molecule has 45 heavy (non-hydrogen) atoms. The van der Waals surface area contributed by atoms with Gasteiger partial charge in [-0.3, -0.25) is 4.79 Å². The summed E-state index contributed by atoms with van der Waals surface area (Å²) in [5, 5.41) is 2.66. The number of hydrogen-bond acceptors (Lipinski definition) is 8. The van der Waals surface area contributed by atoms with Gasteiger partial charge < -0.3 is 28.8 Å². The zero-order valence-electron chi connectivity index (χ0n) is 25.3. The van der Waals surface area contributed by atoms with Gasteiger partial charge in [-0.05, 0) is 68.3 Å². The molecule has 1 heterocycles. The summed E-state index contributed by atoms with van der Waals surface area (Å²) in [6.07, 6.45) is -1.18. The number of ether oxygens (including phenoxy) is 2. The Bertz CT molecular complexity index is 1570. The van der Waals surface area contributed by atoms with E-state index in [2.05, 4.69) is 5.32 Å². The van der Waals surface area contributed by atoms with E-state index in [0.29, 0.717) is 5.56 Å². The van der Waals surface area contributed by atoms with Gasteiger partial charge in [0.2, 0.25) is 5.91 Å². The first-order valence-corrected chi connectivity index (χ1v) is 15.7. The highest BCUT2D eigenvalue weighted by Gasteiger charge is 2.32. The normalized spacial score (nSPS) is 14.3. The number of nitrogens with zero attached hydrogens (tertiary/aromatic N) is 2. The first-order chi connectivity index (χ1) is 21.3. The summed E-state index contributed by atoms with van der Waals surface area (Å²) in [5.41, 5.74) is 0.737. The molecule has 1 atom stereocenters. The van der Waals surface area contributed by atoms with Crippen LogP contribution >= 0.6 is 0 Å². The summed E-state index contributed by atoms with van der Waals surface area (Å²) < 4.78 is 54.3. The molecule has 1 saturated heterocycles. The second-order valence-corrected chi connectivity index (χ2v) is 12.9. The molecule has 0 aromatic heterocycles. The summed E-state index contributed by atoms with van der Waals surface area (Å²) >= 11 is 0. The van der Waals surface area contributed by atoms with E-state index in [-0.39, 0.29) is 55.8 Å². The molecule has 0 bridgehead atoms. The second-order valence-electron chi connectivity index (χ2n) is 11.4. The topological polar surface area (TPSA) is 132 Å². The molecule has 11 nitrogen and oxygen atoms in total. The molecule has 0 aliphatic carbocycles. The number of carbonyl (C=O) groups excluding carboxylic acids is 3. The third-order valence-electron chi connectivity index (χ3n) is 6.72. The maximum absolute atomic E-state index is 13.6. The van der Waals surface area contributed by atoms with Gasteiger partial charge in [0.25, 0.3) is 0 Å². The Morgan fingerprint density at radius 1 is 0.844 bits per heavy atom. The quantitative estimate of drug-likeness (QED) is 0.338. The van der Waals surface area contributed by atoms with Crippen LogP contribution in [0.25, 0.3) is 0 Å². The fourth-order valence-corrected chi connectivity index (χ4v) is 5.39. The molecule has 0 radical (unpaired) electrons. The Balaban J connectivity index is 1.43. The Labute approximate surface area is 262 Å². The first kappa shape index (κ1) is 33.2. The van der Waals surface area contributed by atoms with Crippen LogP contribution in [0.15, 0.2) is 83.8 Å². The van der Waals surface area contributed by atoms with Crippen molar-refractivity contribution in [1.29, 1.82) is 0 Å². The van der Waals surface area contributed by atoms with Crippen LogP contribution in [0.1, 0.15) is 31.9 Å². The SMILES string of the molecule is CC(C)(C)OC(=O)N1CCN(C(=O)[C@H](Cc2ccc(OS(=O)(=O)c3ccc(F)cc3)cc2)NC(=O)OCc2ccccc2)CC1. The Hall–Kier alpha value is -4.65. The van der Waals surface area contributed by atoms with E-state index in [1.165, 1.54) is 17.0 Å². The molecule has 1 N–H and O–H groups in total. The van der Waals surface area contributed by atoms with E-state index < -0.39 is 39.8 Å². The molecule has 3 amide bonds. The van der Waals surface area contributed by atoms with Crippen LogP contribution in [0.3, 0.4) is 0 Å². The number of alkyl carbamates (subject to hydrolysis) is 1. The van der Waals surface area contributed by atoms with Crippen LogP contribution in [0, 0.1) is 5.82 Å². The molecule has 240 valence electrons. The van der Waals surface area contributed by atoms with E-state index in [0.717, 1.165) is 29.8 Å². The van der Waals surface area contributed by atoms with Gasteiger partial charge in [0.05, 0.1) is 0 Å². The van der Waals surface area contributed by atoms with E-state index in [4.69, 9.17) is 13.7 Å². The van der Waals surface area contributed by atoms with Crippen LogP contribution in [-0.2, 0) is 37.4 Å². The molecular formula is C32H36FN3O8S. The number of halogens is 1. The van der Waals surface area contributed by atoms with Crippen LogP contribution in [0.4, 0.5) is 14.0 Å². The third kappa shape index (κ3) is 9.93. The second kappa shape index (κ2) is 14.4. The van der Waals surface area contributed by atoms with Gasteiger partial charge in [0.1, 0.15) is 34.7 Å². The van der Waals surface area contributed by atoms with Crippen LogP contribution in [-0.4, -0.2) is 74.1 Å². The number of hydrogen-bond donors (Lipinski definition) is 1. The van der Waals surface area contributed by atoms with E-state index >= 15 is 0 Å². The van der Waals surface area contributed by atoms with Gasteiger partial charge in [0.15, 0.2) is 0 Å². The minimum atomic E-state index is -4.20. The zero-order chi connectivity index (χ0) is 32.6. The number of benzene rings is 3. The van der Waals surface area contributed by atoms with Gasteiger partial charge in [-0.2, -0.15) is 8.42 Å². The summed E-state index contributed by atoms with van der Waals surface area (Å²) in [7, 11) is -4.20. The number of amides is 3. The van der Waals surface area contributed by atoms with Crippen LogP contribution < -0.4 is 9.50 Å². The number of rotatable bonds is 9. The van der Waals surface area contributed by atoms with Crippen molar-refractivity contribution in [3.8, 4) is 5.75 Å². The Kier molecular flexibility index (Phi) is 10.7. The third-order valence-corrected chi connectivity index (χ3v) is 7.98. The Morgan fingerprint density at radius 3 is 2.04 bits per heavy atom. The van der Waals surface area contributed by atoms with Crippen molar-refractivity contribution in [1.82, 2.24) is 15.1 Å². The highest BCUT2D eigenvalue weighted by atomic mass is 32.2. The lowest BCUT2D eigenvalue weighted by atomic mass is 10.0. The number of piperazine rings is 1. The summed E-state index contributed by atoms with van der Waals surface area (Å²) in [6, 6.07) is 18.3. The van der Waals surface area contributed by atoms with Gasteiger partial charge in [-0.1, -0.05) is 42.5 Å². The van der Waals surface area contributed by atoms with Crippen molar-refractivity contribution >= 4 is 28.2 Å². The maximum Gasteiger partial charge on any atom is 0.410 e. The van der Waals surface area contributed by atoms with E-state index in [1.807, 2.05) is 18.2 Å². The number of nitrogens with one attached hydrogen (secondary N) is 1. The predicted molar refractivity (Wildman–Crippen MR) is 162 cm³/mol. The minimum Gasteiger partial charge on any atom is -0.445 e. The van der Waals surface area contributed by atoms with Crippen molar-refractivity contribution in [3.05, 3.63) is 95.8 Å². The Morgan fingerprint density at radius 2 is 1.44 bits per heavy atom. The molecule has 1 fully saturated rings. The molecule has 3 aromatic rings. The molecule has 1 aliphatic rings. The van der Waals surface area contributed by atoms with Crippen LogP contribution in [0.2, 0.25) is 0 Å². The van der Waals surface area contributed by atoms with Gasteiger partial charge in [-0.15, -0.1) is 0 Å². The van der Waals surface area contributed by atoms with E-state index in [9.17, 15) is 27.2 Å². The fraction of sp³-hybridized carbons (Fsp3) is 0.344. The molecular weight excluding hydrogens is 605 g/mol. The summed E-state index contributed by atoms with van der Waals surface area (Å²) in [6.45, 7) is 6.35. The smallest absolute Gasteiger partial charge is 0.410 e. The van der Waals surface area contributed by atoms with Gasteiger partial charge in [-0.25, -0.2) is 14.0 Å². The molecule has 3 aromatic carbocycles. The highest BCUT2D eigenvalue weighted by Crippen LogP contribution is 2.21. The lowest BCUT2D eigenvalue weighted by Crippen LogP contribution is -2.56. The largest absolute Gasteiger partial charge is 0.445 e. The number of carbonyl (C=O) groups is 3. The first-order valence-electron chi connectivity index (χ1n) is 14.3. The lowest BCUT2D eigenvalue weighted by molar-refractivity contribution is -0.135. The van der Waals surface area contributed by atoms with Gasteiger partial charge >= 0.3 is 22.3 Å². The monoisotopic (exact) mass is 641 g/mol. The molecule has 13 heteroatoms. The molecule has 0 spiro atoms. The molecule has 0 unspecified atom stereocenters. The van der Waals surface area contributed by atoms with E-state index in [1.54, 1.807) is 49.9 Å². The minimum absolute atomic E-state index is 0.0106. The lowest BCUT2D eigenvalue weighted by Gasteiger charge is -2.37. The fourth-order valence-electron chi connectivity index (χ4n) is 4.46. The van der Waals surface area contributed by atoms with Crippen molar-refractivity contribution in [2.24, 2.45) is 0 Å². The maximum atomic E-state index is 13.6. The van der Waals surface area contributed by atoms with Crippen molar-refractivity contribution in [3.63, 3.8) is 0 Å². The summed E-state index contributed by atoms with van der Waals surface area (Å²) in [5.74, 6) is -0.931. The standard InChI is InChI=1S/C32H36FN3O8S/c1-32(2,3)43-31(39)36-19-17-35(18-20-36)29(37)28(34-30(38)42-22-24-7-5-4-6-8-24)21-23-9-13-26(14-10-23)44-45(40,41)27-15-11-25(33)12-16-27/h4-16,28H,17-22H2,1-3H3,(H,34,38)/t28-/m0/s1. The van der Waals surface area contributed by atoms with Crippen molar-refractivity contribution in [2.75, 3.05) is 26.2 Å².